The van der Waals surface area contributed by atoms with Crippen LogP contribution in [0.2, 0.25) is 15.1 Å². The topological polar surface area (TPSA) is 21.3 Å². The largest absolute Gasteiger partial charge is 0.381 e. The molecule has 0 amide bonds. The quantitative estimate of drug-likeness (QED) is 0.474. The van der Waals surface area contributed by atoms with Crippen LogP contribution in [-0.4, -0.2) is 19.8 Å². The molecular formula is C15H22Cl3NO. The standard InChI is InChI=1S/C15H22Cl3NO/c1-3-4-9-20-10-5-8-19-11(2)12-6-7-13(16)15(18)14(12)17/h6-7,11,19H,3-5,8-10H2,1-2H3. The van der Waals surface area contributed by atoms with E-state index < -0.39 is 0 Å². The van der Waals surface area contributed by atoms with Crippen molar-refractivity contribution in [2.24, 2.45) is 0 Å². The molecule has 1 aromatic carbocycles. The van der Waals surface area contributed by atoms with Gasteiger partial charge >= 0.3 is 0 Å². The molecule has 0 radical (unpaired) electrons. The molecule has 2 nitrogen and oxygen atoms in total. The van der Waals surface area contributed by atoms with E-state index in [4.69, 9.17) is 39.5 Å². The molecular weight excluding hydrogens is 317 g/mol. The minimum Gasteiger partial charge on any atom is -0.381 e. The molecule has 0 aliphatic carbocycles. The zero-order chi connectivity index (χ0) is 15.0. The van der Waals surface area contributed by atoms with E-state index in [1.807, 2.05) is 6.07 Å². The predicted molar refractivity (Wildman–Crippen MR) is 88.2 cm³/mol. The Balaban J connectivity index is 2.33. The van der Waals surface area contributed by atoms with E-state index >= 15 is 0 Å². The van der Waals surface area contributed by atoms with Crippen LogP contribution in [0.25, 0.3) is 0 Å². The van der Waals surface area contributed by atoms with E-state index in [1.54, 1.807) is 6.07 Å². The zero-order valence-corrected chi connectivity index (χ0v) is 14.3. The molecule has 0 heterocycles. The van der Waals surface area contributed by atoms with Crippen LogP contribution in [0.1, 0.15) is 44.7 Å². The molecule has 0 aliphatic rings. The molecule has 0 fully saturated rings. The highest BCUT2D eigenvalue weighted by molar-refractivity contribution is 6.48. The minimum absolute atomic E-state index is 0.132. The molecule has 20 heavy (non-hydrogen) atoms. The van der Waals surface area contributed by atoms with Crippen molar-refractivity contribution in [3.05, 3.63) is 32.8 Å². The normalized spacial score (nSPS) is 12.7. The van der Waals surface area contributed by atoms with E-state index in [0.717, 1.165) is 38.2 Å². The number of nitrogens with one attached hydrogen (secondary N) is 1. The lowest BCUT2D eigenvalue weighted by Crippen LogP contribution is -2.21. The summed E-state index contributed by atoms with van der Waals surface area (Å²) in [5.41, 5.74) is 0.966. The molecule has 0 saturated heterocycles. The van der Waals surface area contributed by atoms with Crippen molar-refractivity contribution in [3.8, 4) is 0 Å². The van der Waals surface area contributed by atoms with Gasteiger partial charge in [0.25, 0.3) is 0 Å². The summed E-state index contributed by atoms with van der Waals surface area (Å²) in [5.74, 6) is 0. The molecule has 114 valence electrons. The van der Waals surface area contributed by atoms with Crippen LogP contribution in [0.4, 0.5) is 0 Å². The Kier molecular flexibility index (Phi) is 8.90. The summed E-state index contributed by atoms with van der Waals surface area (Å²) in [7, 11) is 0. The van der Waals surface area contributed by atoms with Gasteiger partial charge in [-0.2, -0.15) is 0 Å². The lowest BCUT2D eigenvalue weighted by atomic mass is 10.1. The lowest BCUT2D eigenvalue weighted by molar-refractivity contribution is 0.128. The Hall–Kier alpha value is 0.01000. The van der Waals surface area contributed by atoms with Crippen molar-refractivity contribution < 1.29 is 4.74 Å². The van der Waals surface area contributed by atoms with Gasteiger partial charge in [-0.1, -0.05) is 54.2 Å². The molecule has 5 heteroatoms. The number of hydrogen-bond donors (Lipinski definition) is 1. The summed E-state index contributed by atoms with van der Waals surface area (Å²) in [6.45, 7) is 6.74. The van der Waals surface area contributed by atoms with Crippen molar-refractivity contribution in [3.63, 3.8) is 0 Å². The van der Waals surface area contributed by atoms with Crippen molar-refractivity contribution in [1.29, 1.82) is 0 Å². The number of benzene rings is 1. The predicted octanol–water partition coefficient (Wildman–Crippen LogP) is 5.50. The Morgan fingerprint density at radius 1 is 1.10 bits per heavy atom. The third-order valence-electron chi connectivity index (χ3n) is 3.09. The molecule has 1 aromatic rings. The van der Waals surface area contributed by atoms with Gasteiger partial charge < -0.3 is 10.1 Å². The van der Waals surface area contributed by atoms with Crippen LogP contribution >= 0.6 is 34.8 Å². The molecule has 1 rings (SSSR count). The van der Waals surface area contributed by atoms with Crippen LogP contribution in [0, 0.1) is 0 Å². The molecule has 1 N–H and O–H groups in total. The van der Waals surface area contributed by atoms with Gasteiger partial charge in [0, 0.05) is 19.3 Å². The number of unbranched alkanes of at least 4 members (excludes halogenated alkanes) is 1. The van der Waals surface area contributed by atoms with Crippen molar-refractivity contribution in [2.75, 3.05) is 19.8 Å². The average Bonchev–Trinajstić information content (AvgIpc) is 2.43. The van der Waals surface area contributed by atoms with Crippen molar-refractivity contribution in [1.82, 2.24) is 5.32 Å². The van der Waals surface area contributed by atoms with Crippen LogP contribution < -0.4 is 5.32 Å². The number of ether oxygens (including phenoxy) is 1. The van der Waals surface area contributed by atoms with Gasteiger partial charge in [-0.15, -0.1) is 0 Å². The second kappa shape index (κ2) is 9.86. The fourth-order valence-corrected chi connectivity index (χ4v) is 2.53. The smallest absolute Gasteiger partial charge is 0.0781 e. The second-order valence-corrected chi connectivity index (χ2v) is 5.92. The van der Waals surface area contributed by atoms with Crippen molar-refractivity contribution in [2.45, 2.75) is 39.2 Å². The first-order valence-corrected chi connectivity index (χ1v) is 8.15. The molecule has 0 aromatic heterocycles. The molecule has 0 saturated carbocycles. The zero-order valence-electron chi connectivity index (χ0n) is 12.0. The highest BCUT2D eigenvalue weighted by atomic mass is 35.5. The molecule has 0 spiro atoms. The van der Waals surface area contributed by atoms with E-state index in [0.29, 0.717) is 15.1 Å². The van der Waals surface area contributed by atoms with E-state index in [9.17, 15) is 0 Å². The van der Waals surface area contributed by atoms with Gasteiger partial charge in [0.15, 0.2) is 0 Å². The SMILES string of the molecule is CCCCOCCCNC(C)c1ccc(Cl)c(Cl)c1Cl. The van der Waals surface area contributed by atoms with Crippen LogP contribution in [0.15, 0.2) is 12.1 Å². The third-order valence-corrected chi connectivity index (χ3v) is 4.40. The molecule has 1 unspecified atom stereocenters. The maximum Gasteiger partial charge on any atom is 0.0781 e. The Bertz CT molecular complexity index is 412. The first kappa shape index (κ1) is 18.1. The van der Waals surface area contributed by atoms with Crippen LogP contribution in [0.5, 0.6) is 0 Å². The van der Waals surface area contributed by atoms with E-state index in [-0.39, 0.29) is 6.04 Å². The molecule has 0 bridgehead atoms. The summed E-state index contributed by atoms with van der Waals surface area (Å²) >= 11 is 18.2. The fourth-order valence-electron chi connectivity index (χ4n) is 1.83. The first-order valence-electron chi connectivity index (χ1n) is 7.02. The minimum atomic E-state index is 0.132. The summed E-state index contributed by atoms with van der Waals surface area (Å²) in [4.78, 5) is 0. The molecule has 1 atom stereocenters. The van der Waals surface area contributed by atoms with Gasteiger partial charge in [0.2, 0.25) is 0 Å². The third kappa shape index (κ3) is 5.79. The summed E-state index contributed by atoms with van der Waals surface area (Å²) in [5, 5.41) is 4.84. The fraction of sp³-hybridized carbons (Fsp3) is 0.600. The maximum absolute atomic E-state index is 6.21. The Morgan fingerprint density at radius 2 is 1.80 bits per heavy atom. The second-order valence-electron chi connectivity index (χ2n) is 4.76. The van der Waals surface area contributed by atoms with E-state index in [2.05, 4.69) is 19.2 Å². The lowest BCUT2D eigenvalue weighted by Gasteiger charge is -2.17. The number of rotatable bonds is 9. The average molecular weight is 339 g/mol. The van der Waals surface area contributed by atoms with Gasteiger partial charge in [-0.05, 0) is 37.9 Å². The van der Waals surface area contributed by atoms with Gasteiger partial charge in [0.1, 0.15) is 0 Å². The van der Waals surface area contributed by atoms with Gasteiger partial charge in [-0.25, -0.2) is 0 Å². The van der Waals surface area contributed by atoms with E-state index in [1.165, 1.54) is 6.42 Å². The van der Waals surface area contributed by atoms with Crippen molar-refractivity contribution >= 4 is 34.8 Å². The first-order chi connectivity index (χ1) is 9.57. The maximum atomic E-state index is 6.21. The Labute approximate surface area is 136 Å². The monoisotopic (exact) mass is 337 g/mol. The summed E-state index contributed by atoms with van der Waals surface area (Å²) in [6.07, 6.45) is 3.28. The van der Waals surface area contributed by atoms with Gasteiger partial charge in [-0.3, -0.25) is 0 Å². The molecule has 0 aliphatic heterocycles. The number of halogens is 3. The summed E-state index contributed by atoms with van der Waals surface area (Å²) < 4.78 is 5.52. The van der Waals surface area contributed by atoms with Crippen LogP contribution in [-0.2, 0) is 4.74 Å². The summed E-state index contributed by atoms with van der Waals surface area (Å²) in [6, 6.07) is 3.82. The highest BCUT2D eigenvalue weighted by Crippen LogP contribution is 2.35. The van der Waals surface area contributed by atoms with Gasteiger partial charge in [0.05, 0.1) is 15.1 Å². The van der Waals surface area contributed by atoms with Crippen LogP contribution in [0.3, 0.4) is 0 Å². The highest BCUT2D eigenvalue weighted by Gasteiger charge is 2.13. The Morgan fingerprint density at radius 3 is 2.50 bits per heavy atom. The number of hydrogen-bond acceptors (Lipinski definition) is 2.